The number of rotatable bonds is 15. The molecule has 3 atom stereocenters. The van der Waals surface area contributed by atoms with Crippen molar-refractivity contribution in [1.82, 2.24) is 30.2 Å². The van der Waals surface area contributed by atoms with Gasteiger partial charge in [-0.1, -0.05) is 67.1 Å². The molecule has 0 amide bonds. The predicted octanol–water partition coefficient (Wildman–Crippen LogP) is 3.59. The van der Waals surface area contributed by atoms with Crippen molar-refractivity contribution >= 4 is 0 Å². The second-order valence-electron chi connectivity index (χ2n) is 12.9. The predicted molar refractivity (Wildman–Crippen MR) is 173 cm³/mol. The molecular weight excluding hydrogens is 504 g/mol. The smallest absolute Gasteiger partial charge is 0.0236 e. The van der Waals surface area contributed by atoms with Crippen LogP contribution in [0.5, 0.6) is 0 Å². The van der Waals surface area contributed by atoms with Crippen LogP contribution < -0.4 is 10.6 Å². The Morgan fingerprint density at radius 2 is 1.32 bits per heavy atom. The van der Waals surface area contributed by atoms with Crippen molar-refractivity contribution in [2.75, 3.05) is 85.6 Å². The summed E-state index contributed by atoms with van der Waals surface area (Å²) in [4.78, 5) is 10.6. The SMILES string of the molecule is CN1CCN(C[C@H](Cc2ccccc2)NC[C@H](Cc2ccccc2)NC[C@@H]2CCCN2CCN2CCCCC2)CC1. The molecule has 0 spiro atoms. The minimum Gasteiger partial charge on any atom is -0.311 e. The van der Waals surface area contributed by atoms with Crippen molar-refractivity contribution < 1.29 is 0 Å². The first-order valence-electron chi connectivity index (χ1n) is 16.6. The number of benzene rings is 2. The molecule has 0 bridgehead atoms. The van der Waals surface area contributed by atoms with Gasteiger partial charge in [-0.3, -0.25) is 9.80 Å². The summed E-state index contributed by atoms with van der Waals surface area (Å²) in [6.45, 7) is 14.3. The summed E-state index contributed by atoms with van der Waals surface area (Å²) in [5.41, 5.74) is 2.86. The molecule has 226 valence electrons. The molecule has 3 aliphatic heterocycles. The number of nitrogens with zero attached hydrogens (tertiary/aromatic N) is 4. The van der Waals surface area contributed by atoms with Crippen LogP contribution in [0.15, 0.2) is 60.7 Å². The molecule has 2 N–H and O–H groups in total. The highest BCUT2D eigenvalue weighted by molar-refractivity contribution is 5.17. The molecule has 6 nitrogen and oxygen atoms in total. The number of nitrogens with one attached hydrogen (secondary N) is 2. The van der Waals surface area contributed by atoms with Crippen molar-refractivity contribution in [3.8, 4) is 0 Å². The second-order valence-corrected chi connectivity index (χ2v) is 12.9. The van der Waals surface area contributed by atoms with Gasteiger partial charge in [0.25, 0.3) is 0 Å². The van der Waals surface area contributed by atoms with Gasteiger partial charge in [0.15, 0.2) is 0 Å². The lowest BCUT2D eigenvalue weighted by molar-refractivity contribution is 0.141. The monoisotopic (exact) mass is 560 g/mol. The third-order valence-electron chi connectivity index (χ3n) is 9.67. The zero-order valence-electron chi connectivity index (χ0n) is 25.7. The standard InChI is InChI=1S/C35H56N6/c1-38-20-22-40(23-21-38)30-34(27-32-14-7-3-8-15-32)36-28-33(26-31-12-5-2-6-13-31)37-29-35-16-11-19-41(35)25-24-39-17-9-4-10-18-39/h2-3,5-8,12-15,33-37H,4,9-11,16-30H2,1H3/t33-,34-,35-/m0/s1. The van der Waals surface area contributed by atoms with Crippen LogP contribution in [-0.4, -0.2) is 123 Å². The van der Waals surface area contributed by atoms with E-state index in [1.165, 1.54) is 102 Å². The Balaban J connectivity index is 1.18. The number of likely N-dealkylation sites (N-methyl/N-ethyl adjacent to an activating group) is 1. The average Bonchev–Trinajstić information content (AvgIpc) is 3.47. The Morgan fingerprint density at radius 1 is 0.659 bits per heavy atom. The van der Waals surface area contributed by atoms with Gasteiger partial charge in [0.2, 0.25) is 0 Å². The Morgan fingerprint density at radius 3 is 2.00 bits per heavy atom. The summed E-state index contributed by atoms with van der Waals surface area (Å²) >= 11 is 0. The average molecular weight is 561 g/mol. The highest BCUT2D eigenvalue weighted by Crippen LogP contribution is 2.18. The van der Waals surface area contributed by atoms with E-state index in [2.05, 4.69) is 97.9 Å². The lowest BCUT2D eigenvalue weighted by atomic mass is 10.0. The maximum atomic E-state index is 4.07. The van der Waals surface area contributed by atoms with E-state index in [1.807, 2.05) is 0 Å². The van der Waals surface area contributed by atoms with Gasteiger partial charge in [0, 0.05) is 77.0 Å². The third-order valence-corrected chi connectivity index (χ3v) is 9.67. The zero-order chi connectivity index (χ0) is 28.1. The van der Waals surface area contributed by atoms with Gasteiger partial charge < -0.3 is 20.4 Å². The van der Waals surface area contributed by atoms with Gasteiger partial charge in [-0.15, -0.1) is 0 Å². The van der Waals surface area contributed by atoms with Crippen molar-refractivity contribution in [2.45, 2.75) is 63.1 Å². The largest absolute Gasteiger partial charge is 0.311 e. The van der Waals surface area contributed by atoms with Crippen LogP contribution in [0, 0.1) is 0 Å². The highest BCUT2D eigenvalue weighted by Gasteiger charge is 2.26. The molecule has 41 heavy (non-hydrogen) atoms. The first kappa shape index (κ1) is 30.7. The molecule has 6 heteroatoms. The van der Waals surface area contributed by atoms with Crippen molar-refractivity contribution in [3.05, 3.63) is 71.8 Å². The van der Waals surface area contributed by atoms with Gasteiger partial charge in [-0.05, 0) is 76.3 Å². The van der Waals surface area contributed by atoms with Gasteiger partial charge in [0.05, 0.1) is 0 Å². The molecule has 2 aromatic rings. The first-order valence-corrected chi connectivity index (χ1v) is 16.6. The zero-order valence-corrected chi connectivity index (χ0v) is 25.7. The van der Waals surface area contributed by atoms with E-state index in [-0.39, 0.29) is 0 Å². The number of piperidine rings is 1. The third kappa shape index (κ3) is 10.5. The Bertz CT molecular complexity index is 957. The van der Waals surface area contributed by atoms with Gasteiger partial charge in [0.1, 0.15) is 0 Å². The lowest BCUT2D eigenvalue weighted by Gasteiger charge is -2.35. The summed E-state index contributed by atoms with van der Waals surface area (Å²) in [6.07, 6.45) is 9.03. The van der Waals surface area contributed by atoms with E-state index in [4.69, 9.17) is 0 Å². The van der Waals surface area contributed by atoms with E-state index in [0.717, 1.165) is 32.5 Å². The molecule has 3 fully saturated rings. The quantitative estimate of drug-likeness (QED) is 0.347. The molecule has 0 radical (unpaired) electrons. The molecule has 0 aromatic heterocycles. The van der Waals surface area contributed by atoms with E-state index >= 15 is 0 Å². The summed E-state index contributed by atoms with van der Waals surface area (Å²) in [5.74, 6) is 0. The fourth-order valence-electron chi connectivity index (χ4n) is 7.04. The topological polar surface area (TPSA) is 37.0 Å². The van der Waals surface area contributed by atoms with Crippen molar-refractivity contribution in [2.24, 2.45) is 0 Å². The van der Waals surface area contributed by atoms with Crippen LogP contribution in [-0.2, 0) is 12.8 Å². The molecule has 5 rings (SSSR count). The Kier molecular flexibility index (Phi) is 12.5. The minimum absolute atomic E-state index is 0.424. The maximum Gasteiger partial charge on any atom is 0.0236 e. The molecule has 2 aromatic carbocycles. The number of hydrogen-bond donors (Lipinski definition) is 2. The summed E-state index contributed by atoms with van der Waals surface area (Å²) in [5, 5.41) is 8.13. The number of piperazine rings is 1. The van der Waals surface area contributed by atoms with Crippen molar-refractivity contribution in [3.63, 3.8) is 0 Å². The van der Waals surface area contributed by atoms with Crippen LogP contribution in [0.3, 0.4) is 0 Å². The van der Waals surface area contributed by atoms with Crippen LogP contribution >= 0.6 is 0 Å². The first-order chi connectivity index (χ1) is 20.2. The molecule has 3 saturated heterocycles. The number of likely N-dealkylation sites (tertiary alicyclic amines) is 2. The summed E-state index contributed by atoms with van der Waals surface area (Å²) in [7, 11) is 2.25. The highest BCUT2D eigenvalue weighted by atomic mass is 15.3. The minimum atomic E-state index is 0.424. The van der Waals surface area contributed by atoms with E-state index in [1.54, 1.807) is 0 Å². The molecule has 0 unspecified atom stereocenters. The summed E-state index contributed by atoms with van der Waals surface area (Å²) in [6, 6.07) is 23.7. The molecule has 0 saturated carbocycles. The molecule has 3 heterocycles. The van der Waals surface area contributed by atoms with Crippen LogP contribution in [0.1, 0.15) is 43.2 Å². The van der Waals surface area contributed by atoms with E-state index in [0.29, 0.717) is 18.1 Å². The van der Waals surface area contributed by atoms with Gasteiger partial charge >= 0.3 is 0 Å². The maximum absolute atomic E-state index is 4.07. The Hall–Kier alpha value is -1.80. The molecular formula is C35H56N6. The van der Waals surface area contributed by atoms with Crippen molar-refractivity contribution in [1.29, 1.82) is 0 Å². The van der Waals surface area contributed by atoms with Gasteiger partial charge in [-0.25, -0.2) is 0 Å². The Labute approximate surface area is 250 Å². The second kappa shape index (κ2) is 16.7. The fourth-order valence-corrected chi connectivity index (χ4v) is 7.04. The van der Waals surface area contributed by atoms with Crippen LogP contribution in [0.25, 0.3) is 0 Å². The van der Waals surface area contributed by atoms with E-state index < -0.39 is 0 Å². The van der Waals surface area contributed by atoms with E-state index in [9.17, 15) is 0 Å². The normalized spacial score (nSPS) is 23.1. The van der Waals surface area contributed by atoms with Gasteiger partial charge in [-0.2, -0.15) is 0 Å². The fraction of sp³-hybridized carbons (Fsp3) is 0.657. The van der Waals surface area contributed by atoms with Crippen LogP contribution in [0.4, 0.5) is 0 Å². The molecule has 3 aliphatic rings. The number of hydrogen-bond acceptors (Lipinski definition) is 6. The molecule has 0 aliphatic carbocycles. The lowest BCUT2D eigenvalue weighted by Crippen LogP contribution is -2.53. The van der Waals surface area contributed by atoms with Crippen LogP contribution in [0.2, 0.25) is 0 Å². The summed E-state index contributed by atoms with van der Waals surface area (Å²) < 4.78 is 0.